The first-order valence-electron chi connectivity index (χ1n) is 7.78. The van der Waals surface area contributed by atoms with Crippen LogP contribution in [0.3, 0.4) is 0 Å². The van der Waals surface area contributed by atoms with E-state index in [0.717, 1.165) is 16.8 Å². The molecule has 2 aromatic rings. The number of nitro groups is 1. The number of aromatic nitrogens is 1. The van der Waals surface area contributed by atoms with Crippen LogP contribution < -0.4 is 16.2 Å². The van der Waals surface area contributed by atoms with E-state index >= 15 is 0 Å². The second-order valence-corrected chi connectivity index (χ2v) is 5.86. The number of pyridine rings is 1. The van der Waals surface area contributed by atoms with E-state index in [-0.39, 0.29) is 6.04 Å². The van der Waals surface area contributed by atoms with Crippen LogP contribution in [0.25, 0.3) is 0 Å². The Kier molecular flexibility index (Phi) is 5.51. The van der Waals surface area contributed by atoms with Crippen molar-refractivity contribution in [2.45, 2.75) is 26.4 Å². The minimum Gasteiger partial charge on any atom is -0.365 e. The Morgan fingerprint density at radius 2 is 1.88 bits per heavy atom. The van der Waals surface area contributed by atoms with Crippen molar-refractivity contribution < 1.29 is 14.5 Å². The molecule has 0 saturated heterocycles. The van der Waals surface area contributed by atoms with Gasteiger partial charge in [-0.15, -0.1) is 0 Å². The summed E-state index contributed by atoms with van der Waals surface area (Å²) < 4.78 is 0.832. The summed E-state index contributed by atoms with van der Waals surface area (Å²) in [6.07, 6.45) is 0.927. The van der Waals surface area contributed by atoms with E-state index in [2.05, 4.69) is 0 Å². The van der Waals surface area contributed by atoms with E-state index in [1.165, 1.54) is 4.90 Å². The Bertz CT molecular complexity index is 905. The van der Waals surface area contributed by atoms with E-state index in [1.54, 1.807) is 44.2 Å². The molecule has 1 heterocycles. The fraction of sp³-hybridized carbons (Fsp3) is 0.235. The van der Waals surface area contributed by atoms with Crippen LogP contribution in [0.15, 0.2) is 47.4 Å². The lowest BCUT2D eigenvalue weighted by Crippen LogP contribution is -2.41. The molecule has 26 heavy (non-hydrogen) atoms. The fourth-order valence-corrected chi connectivity index (χ4v) is 2.55. The topological polar surface area (TPSA) is 129 Å². The van der Waals surface area contributed by atoms with Gasteiger partial charge in [0.15, 0.2) is 0 Å². The number of rotatable bonds is 6. The van der Waals surface area contributed by atoms with E-state index in [1.807, 2.05) is 0 Å². The zero-order chi connectivity index (χ0) is 19.4. The predicted molar refractivity (Wildman–Crippen MR) is 94.9 cm³/mol. The third-order valence-corrected chi connectivity index (χ3v) is 3.67. The quantitative estimate of drug-likeness (QED) is 0.614. The Hall–Kier alpha value is -3.49. The summed E-state index contributed by atoms with van der Waals surface area (Å²) in [5.41, 5.74) is 3.85. The van der Waals surface area contributed by atoms with Gasteiger partial charge in [-0.1, -0.05) is 18.2 Å². The molecule has 0 fully saturated rings. The van der Waals surface area contributed by atoms with Crippen LogP contribution in [0, 0.1) is 10.1 Å². The highest BCUT2D eigenvalue weighted by molar-refractivity contribution is 5.95. The summed E-state index contributed by atoms with van der Waals surface area (Å²) in [4.78, 5) is 48.2. The van der Waals surface area contributed by atoms with Gasteiger partial charge in [0.1, 0.15) is 12.1 Å². The second kappa shape index (κ2) is 7.60. The van der Waals surface area contributed by atoms with Gasteiger partial charge in [0.05, 0.1) is 11.1 Å². The molecular weight excluding hydrogens is 340 g/mol. The third-order valence-electron chi connectivity index (χ3n) is 3.67. The highest BCUT2D eigenvalue weighted by Gasteiger charge is 2.23. The number of para-hydroxylation sites is 1. The predicted octanol–water partition coefficient (Wildman–Crippen LogP) is 1.30. The molecular formula is C17H18N4O5. The molecule has 136 valence electrons. The molecule has 2 rings (SSSR count). The highest BCUT2D eigenvalue weighted by Crippen LogP contribution is 2.17. The van der Waals surface area contributed by atoms with Crippen molar-refractivity contribution in [2.24, 2.45) is 5.73 Å². The van der Waals surface area contributed by atoms with Gasteiger partial charge in [0, 0.05) is 17.8 Å². The molecule has 0 radical (unpaired) electrons. The Morgan fingerprint density at radius 3 is 2.38 bits per heavy atom. The van der Waals surface area contributed by atoms with Crippen LogP contribution in [-0.4, -0.2) is 27.3 Å². The number of nitrogens with two attached hydrogens (primary N) is 1. The van der Waals surface area contributed by atoms with Crippen molar-refractivity contribution in [3.63, 3.8) is 0 Å². The van der Waals surface area contributed by atoms with Crippen LogP contribution in [0.5, 0.6) is 0 Å². The standard InChI is InChI=1S/C17H18N4O5/c1-11(2)20(12-6-4-3-5-7-12)15(22)10-19-9-13(21(25)26)8-14(16(18)23)17(19)24/h3-9,11H,10H2,1-2H3,(H2,18,23). The van der Waals surface area contributed by atoms with Gasteiger partial charge in [0.25, 0.3) is 17.2 Å². The number of carbonyl (C=O) groups excluding carboxylic acids is 2. The van der Waals surface area contributed by atoms with E-state index < -0.39 is 40.1 Å². The molecule has 0 aliphatic heterocycles. The largest absolute Gasteiger partial charge is 0.365 e. The first-order valence-corrected chi connectivity index (χ1v) is 7.78. The van der Waals surface area contributed by atoms with Gasteiger partial charge in [-0.3, -0.25) is 29.1 Å². The van der Waals surface area contributed by atoms with Crippen LogP contribution in [0.4, 0.5) is 11.4 Å². The maximum Gasteiger partial charge on any atom is 0.286 e. The zero-order valence-electron chi connectivity index (χ0n) is 14.3. The molecule has 2 amide bonds. The third kappa shape index (κ3) is 3.94. The number of amides is 2. The Morgan fingerprint density at radius 1 is 1.27 bits per heavy atom. The van der Waals surface area contributed by atoms with Crippen LogP contribution in [0.2, 0.25) is 0 Å². The summed E-state index contributed by atoms with van der Waals surface area (Å²) in [5.74, 6) is -1.55. The fourth-order valence-electron chi connectivity index (χ4n) is 2.55. The summed E-state index contributed by atoms with van der Waals surface area (Å²) >= 11 is 0. The Balaban J connectivity index is 2.46. The summed E-state index contributed by atoms with van der Waals surface area (Å²) in [7, 11) is 0. The van der Waals surface area contributed by atoms with Crippen LogP contribution in [0.1, 0.15) is 24.2 Å². The van der Waals surface area contributed by atoms with E-state index in [4.69, 9.17) is 5.73 Å². The van der Waals surface area contributed by atoms with Crippen molar-refractivity contribution in [3.05, 3.63) is 68.6 Å². The molecule has 9 nitrogen and oxygen atoms in total. The number of carbonyl (C=O) groups is 2. The van der Waals surface area contributed by atoms with Crippen molar-refractivity contribution in [1.29, 1.82) is 0 Å². The number of benzene rings is 1. The minimum atomic E-state index is -1.09. The molecule has 1 aromatic carbocycles. The number of hydrogen-bond donors (Lipinski definition) is 1. The lowest BCUT2D eigenvalue weighted by Gasteiger charge is -2.27. The van der Waals surface area contributed by atoms with Crippen molar-refractivity contribution >= 4 is 23.2 Å². The highest BCUT2D eigenvalue weighted by atomic mass is 16.6. The molecule has 0 aliphatic carbocycles. The smallest absolute Gasteiger partial charge is 0.286 e. The Labute approximate surface area is 148 Å². The average Bonchev–Trinajstić information content (AvgIpc) is 2.56. The number of hydrogen-bond acceptors (Lipinski definition) is 5. The van der Waals surface area contributed by atoms with Gasteiger partial charge in [-0.2, -0.15) is 0 Å². The van der Waals surface area contributed by atoms with Crippen LogP contribution in [-0.2, 0) is 11.3 Å². The van der Waals surface area contributed by atoms with Gasteiger partial charge >= 0.3 is 0 Å². The summed E-state index contributed by atoms with van der Waals surface area (Å²) in [6, 6.07) is 9.41. The SMILES string of the molecule is CC(C)N(C(=O)Cn1cc([N+](=O)[O-])cc(C(N)=O)c1=O)c1ccccc1. The van der Waals surface area contributed by atoms with Gasteiger partial charge in [0.2, 0.25) is 5.91 Å². The molecule has 0 aliphatic rings. The zero-order valence-corrected chi connectivity index (χ0v) is 14.3. The lowest BCUT2D eigenvalue weighted by molar-refractivity contribution is -0.385. The van der Waals surface area contributed by atoms with Crippen molar-refractivity contribution in [2.75, 3.05) is 4.90 Å². The molecule has 0 unspecified atom stereocenters. The average molecular weight is 358 g/mol. The van der Waals surface area contributed by atoms with Gasteiger partial charge < -0.3 is 10.6 Å². The molecule has 0 bridgehead atoms. The number of primary amides is 1. The van der Waals surface area contributed by atoms with Crippen molar-refractivity contribution in [1.82, 2.24) is 4.57 Å². The lowest BCUT2D eigenvalue weighted by atomic mass is 10.2. The van der Waals surface area contributed by atoms with Crippen LogP contribution >= 0.6 is 0 Å². The van der Waals surface area contributed by atoms with Gasteiger partial charge in [-0.05, 0) is 26.0 Å². The summed E-state index contributed by atoms with van der Waals surface area (Å²) in [5, 5.41) is 11.0. The molecule has 0 saturated carbocycles. The molecule has 0 spiro atoms. The van der Waals surface area contributed by atoms with E-state index in [9.17, 15) is 24.5 Å². The second-order valence-electron chi connectivity index (χ2n) is 5.86. The van der Waals surface area contributed by atoms with Crippen molar-refractivity contribution in [3.8, 4) is 0 Å². The number of nitrogens with zero attached hydrogens (tertiary/aromatic N) is 3. The minimum absolute atomic E-state index is 0.213. The number of anilines is 1. The maximum atomic E-state index is 12.7. The molecule has 0 atom stereocenters. The molecule has 2 N–H and O–H groups in total. The molecule has 1 aromatic heterocycles. The maximum absolute atomic E-state index is 12.7. The molecule has 9 heteroatoms. The summed E-state index contributed by atoms with van der Waals surface area (Å²) in [6.45, 7) is 3.14. The first-order chi connectivity index (χ1) is 12.2. The normalized spacial score (nSPS) is 10.6. The van der Waals surface area contributed by atoms with Gasteiger partial charge in [-0.25, -0.2) is 0 Å². The first kappa shape index (κ1) is 18.8. The monoisotopic (exact) mass is 358 g/mol. The van der Waals surface area contributed by atoms with E-state index in [0.29, 0.717) is 5.69 Å².